The minimum absolute atomic E-state index is 0.0370. The van der Waals surface area contributed by atoms with Crippen molar-refractivity contribution >= 4 is 33.9 Å². The van der Waals surface area contributed by atoms with Gasteiger partial charge in [0.1, 0.15) is 16.9 Å². The van der Waals surface area contributed by atoms with Gasteiger partial charge < -0.3 is 11.1 Å². The fourth-order valence-electron chi connectivity index (χ4n) is 3.62. The quantitative estimate of drug-likeness (QED) is 0.547. The Labute approximate surface area is 169 Å². The number of carbonyl (C=O) groups excluding carboxylic acids is 1. The molecule has 29 heavy (non-hydrogen) atoms. The predicted octanol–water partition coefficient (Wildman–Crippen LogP) is 4.30. The summed E-state index contributed by atoms with van der Waals surface area (Å²) in [6, 6.07) is 13.8. The van der Waals surface area contributed by atoms with E-state index in [0.29, 0.717) is 22.5 Å². The van der Waals surface area contributed by atoms with Gasteiger partial charge in [0.15, 0.2) is 5.65 Å². The van der Waals surface area contributed by atoms with Crippen LogP contribution in [0.25, 0.3) is 27.9 Å². The van der Waals surface area contributed by atoms with E-state index in [1.54, 1.807) is 0 Å². The Morgan fingerprint density at radius 2 is 1.72 bits per heavy atom. The molecular formula is C23H25N5O. The zero-order chi connectivity index (χ0) is 20.7. The number of rotatable bonds is 4. The molecule has 4 aromatic rings. The monoisotopic (exact) mass is 387 g/mol. The molecule has 1 atom stereocenters. The maximum atomic E-state index is 13.1. The molecule has 0 radical (unpaired) electrons. The molecule has 0 aliphatic heterocycles. The molecule has 1 amide bonds. The van der Waals surface area contributed by atoms with Crippen LogP contribution in [0.3, 0.4) is 0 Å². The van der Waals surface area contributed by atoms with Crippen molar-refractivity contribution in [3.63, 3.8) is 0 Å². The summed E-state index contributed by atoms with van der Waals surface area (Å²) in [6.45, 7) is 8.07. The molecule has 2 aromatic carbocycles. The first-order valence-corrected chi connectivity index (χ1v) is 9.85. The normalized spacial score (nSPS) is 12.4. The van der Waals surface area contributed by atoms with Crippen molar-refractivity contribution in [2.45, 2.75) is 40.2 Å². The number of nitrogens with two attached hydrogens (primary N) is 1. The highest BCUT2D eigenvalue weighted by Gasteiger charge is 2.25. The van der Waals surface area contributed by atoms with Crippen LogP contribution in [0.15, 0.2) is 42.5 Å². The second kappa shape index (κ2) is 7.20. The van der Waals surface area contributed by atoms with Gasteiger partial charge in [-0.15, -0.1) is 0 Å². The summed E-state index contributed by atoms with van der Waals surface area (Å²) >= 11 is 0. The molecule has 0 bridgehead atoms. The van der Waals surface area contributed by atoms with Crippen LogP contribution in [-0.2, 0) is 0 Å². The van der Waals surface area contributed by atoms with Gasteiger partial charge in [-0.3, -0.25) is 9.36 Å². The van der Waals surface area contributed by atoms with E-state index in [-0.39, 0.29) is 11.9 Å². The largest absolute Gasteiger partial charge is 0.384 e. The van der Waals surface area contributed by atoms with E-state index < -0.39 is 0 Å². The van der Waals surface area contributed by atoms with Gasteiger partial charge in [0.2, 0.25) is 0 Å². The smallest absolute Gasteiger partial charge is 0.257 e. The van der Waals surface area contributed by atoms with Crippen LogP contribution in [0.1, 0.15) is 41.8 Å². The SMILES string of the molecule is CC[C@@H](C)NC(=O)c1c(N)n(-c2cc(C)cc(C)c2)c2nc3ccccc3nc12. The van der Waals surface area contributed by atoms with Gasteiger partial charge in [-0.1, -0.05) is 25.1 Å². The number of benzene rings is 2. The average Bonchev–Trinajstić information content (AvgIpc) is 2.96. The van der Waals surface area contributed by atoms with Crippen LogP contribution >= 0.6 is 0 Å². The molecule has 2 heterocycles. The van der Waals surface area contributed by atoms with Gasteiger partial charge in [0.25, 0.3) is 5.91 Å². The van der Waals surface area contributed by atoms with Gasteiger partial charge in [0, 0.05) is 11.7 Å². The topological polar surface area (TPSA) is 85.8 Å². The number of anilines is 1. The minimum atomic E-state index is -0.227. The number of hydrogen-bond acceptors (Lipinski definition) is 4. The summed E-state index contributed by atoms with van der Waals surface area (Å²) in [5, 5.41) is 3.01. The van der Waals surface area contributed by atoms with Crippen LogP contribution in [0, 0.1) is 13.8 Å². The molecule has 0 saturated carbocycles. The molecule has 4 rings (SSSR count). The second-order valence-electron chi connectivity index (χ2n) is 7.61. The second-order valence-corrected chi connectivity index (χ2v) is 7.61. The van der Waals surface area contributed by atoms with Crippen LogP contribution < -0.4 is 11.1 Å². The van der Waals surface area contributed by atoms with Crippen molar-refractivity contribution in [1.29, 1.82) is 0 Å². The van der Waals surface area contributed by atoms with Crippen molar-refractivity contribution < 1.29 is 4.79 Å². The first-order valence-electron chi connectivity index (χ1n) is 9.85. The van der Waals surface area contributed by atoms with Crippen molar-refractivity contribution in [3.05, 3.63) is 59.2 Å². The van der Waals surface area contributed by atoms with Crippen molar-refractivity contribution in [2.75, 3.05) is 5.73 Å². The van der Waals surface area contributed by atoms with Gasteiger partial charge in [-0.05, 0) is 62.6 Å². The van der Waals surface area contributed by atoms with Crippen LogP contribution in [0.5, 0.6) is 0 Å². The molecule has 0 unspecified atom stereocenters. The van der Waals surface area contributed by atoms with Crippen LogP contribution in [-0.4, -0.2) is 26.5 Å². The fraction of sp³-hybridized carbons (Fsp3) is 0.261. The number of aromatic nitrogens is 3. The molecular weight excluding hydrogens is 362 g/mol. The molecule has 3 N–H and O–H groups in total. The van der Waals surface area contributed by atoms with E-state index in [1.165, 1.54) is 0 Å². The third-order valence-electron chi connectivity index (χ3n) is 5.18. The summed E-state index contributed by atoms with van der Waals surface area (Å²) < 4.78 is 1.83. The number of fused-ring (bicyclic) bond motifs is 2. The van der Waals surface area contributed by atoms with Crippen LogP contribution in [0.4, 0.5) is 5.82 Å². The molecule has 0 fully saturated rings. The Kier molecular flexibility index (Phi) is 4.70. The third kappa shape index (κ3) is 3.31. The first-order chi connectivity index (χ1) is 13.9. The highest BCUT2D eigenvalue weighted by atomic mass is 16.1. The van der Waals surface area contributed by atoms with E-state index in [2.05, 4.69) is 11.4 Å². The Morgan fingerprint density at radius 1 is 1.10 bits per heavy atom. The lowest BCUT2D eigenvalue weighted by atomic mass is 10.1. The summed E-state index contributed by atoms with van der Waals surface area (Å²) in [5.74, 6) is 0.121. The molecule has 6 nitrogen and oxygen atoms in total. The maximum Gasteiger partial charge on any atom is 0.257 e. The fourth-order valence-corrected chi connectivity index (χ4v) is 3.62. The van der Waals surface area contributed by atoms with E-state index in [9.17, 15) is 4.79 Å². The van der Waals surface area contributed by atoms with E-state index in [1.807, 2.05) is 68.7 Å². The number of aryl methyl sites for hydroxylation is 2. The summed E-state index contributed by atoms with van der Waals surface area (Å²) in [7, 11) is 0. The van der Waals surface area contributed by atoms with Crippen molar-refractivity contribution in [2.24, 2.45) is 0 Å². The highest BCUT2D eigenvalue weighted by Crippen LogP contribution is 2.31. The Hall–Kier alpha value is -3.41. The van der Waals surface area contributed by atoms with E-state index in [0.717, 1.165) is 34.3 Å². The number of nitrogens with zero attached hydrogens (tertiary/aromatic N) is 3. The number of amides is 1. The number of nitrogens with one attached hydrogen (secondary N) is 1. The number of hydrogen-bond donors (Lipinski definition) is 2. The van der Waals surface area contributed by atoms with E-state index in [4.69, 9.17) is 15.7 Å². The highest BCUT2D eigenvalue weighted by molar-refractivity contribution is 6.11. The standard InChI is InChI=1S/C23H25N5O/c1-5-15(4)25-23(29)19-20-22(27-18-9-7-6-8-17(18)26-20)28(21(19)24)16-11-13(2)10-14(3)12-16/h6-12,15H,5,24H2,1-4H3,(H,25,29)/t15-/m1/s1. The Bertz CT molecular complexity index is 1220. The third-order valence-corrected chi connectivity index (χ3v) is 5.18. The zero-order valence-corrected chi connectivity index (χ0v) is 17.2. The zero-order valence-electron chi connectivity index (χ0n) is 17.2. The molecule has 0 aliphatic rings. The van der Waals surface area contributed by atoms with Crippen LogP contribution in [0.2, 0.25) is 0 Å². The maximum absolute atomic E-state index is 13.1. The number of nitrogen functional groups attached to an aromatic ring is 1. The summed E-state index contributed by atoms with van der Waals surface area (Å²) in [4.78, 5) is 22.7. The van der Waals surface area contributed by atoms with Crippen molar-refractivity contribution in [1.82, 2.24) is 19.9 Å². The molecule has 2 aromatic heterocycles. The Balaban J connectivity index is 2.05. The van der Waals surface area contributed by atoms with Gasteiger partial charge in [0.05, 0.1) is 11.0 Å². The Morgan fingerprint density at radius 3 is 2.34 bits per heavy atom. The van der Waals surface area contributed by atoms with Gasteiger partial charge in [-0.2, -0.15) is 0 Å². The predicted molar refractivity (Wildman–Crippen MR) is 117 cm³/mol. The number of para-hydroxylation sites is 2. The average molecular weight is 387 g/mol. The first kappa shape index (κ1) is 18.9. The number of carbonyl (C=O) groups is 1. The lowest BCUT2D eigenvalue weighted by molar-refractivity contribution is 0.0941. The molecule has 0 aliphatic carbocycles. The molecule has 0 saturated heterocycles. The minimum Gasteiger partial charge on any atom is -0.384 e. The van der Waals surface area contributed by atoms with Gasteiger partial charge in [-0.25, -0.2) is 9.97 Å². The lowest BCUT2D eigenvalue weighted by Crippen LogP contribution is -2.32. The van der Waals surface area contributed by atoms with Gasteiger partial charge >= 0.3 is 0 Å². The molecule has 6 heteroatoms. The lowest BCUT2D eigenvalue weighted by Gasteiger charge is -2.12. The molecule has 148 valence electrons. The summed E-state index contributed by atoms with van der Waals surface area (Å²) in [6.07, 6.45) is 0.829. The van der Waals surface area contributed by atoms with E-state index >= 15 is 0 Å². The van der Waals surface area contributed by atoms with Crippen molar-refractivity contribution in [3.8, 4) is 5.69 Å². The summed E-state index contributed by atoms with van der Waals surface area (Å²) in [5.41, 5.74) is 12.6. The molecule has 0 spiro atoms.